The van der Waals surface area contributed by atoms with Crippen molar-refractivity contribution in [3.63, 3.8) is 0 Å². The largest absolute Gasteiger partial charge is 0.251 e. The maximum absolute atomic E-state index is 11.7. The average Bonchev–Trinajstić information content (AvgIpc) is 2.10. The molecule has 0 saturated heterocycles. The van der Waals surface area contributed by atoms with Crippen LogP contribution in [-0.2, 0) is 0 Å². The van der Waals surface area contributed by atoms with E-state index in [-0.39, 0.29) is 6.67 Å². The van der Waals surface area contributed by atoms with Crippen LogP contribution in [0.3, 0.4) is 0 Å². The maximum Gasteiger partial charge on any atom is 0.0894 e. The van der Waals surface area contributed by atoms with Crippen molar-refractivity contribution in [1.82, 2.24) is 0 Å². The van der Waals surface area contributed by atoms with Gasteiger partial charge < -0.3 is 0 Å². The van der Waals surface area contributed by atoms with Crippen LogP contribution in [0.25, 0.3) is 0 Å². The van der Waals surface area contributed by atoms with Gasteiger partial charge in [-0.2, -0.15) is 0 Å². The van der Waals surface area contributed by atoms with Crippen LogP contribution in [0.1, 0.15) is 51.4 Å². The lowest BCUT2D eigenvalue weighted by Crippen LogP contribution is -1.82. The first-order valence-corrected chi connectivity index (χ1v) is 6.56. The summed E-state index contributed by atoms with van der Waals surface area (Å²) < 4.78 is 13.0. The van der Waals surface area contributed by atoms with Crippen molar-refractivity contribution < 1.29 is 4.39 Å². The monoisotopic (exact) mass is 286 g/mol. The molecule has 0 aliphatic carbocycles. The van der Waals surface area contributed by atoms with Crippen LogP contribution >= 0.6 is 22.6 Å². The highest BCUT2D eigenvalue weighted by atomic mass is 127. The van der Waals surface area contributed by atoms with E-state index in [9.17, 15) is 4.39 Å². The van der Waals surface area contributed by atoms with Crippen LogP contribution in [0.5, 0.6) is 0 Å². The molecule has 0 unspecified atom stereocenters. The van der Waals surface area contributed by atoms with Gasteiger partial charge in [-0.05, 0) is 17.3 Å². The minimum absolute atomic E-state index is 0.130. The van der Waals surface area contributed by atoms with E-state index >= 15 is 0 Å². The molecule has 12 heavy (non-hydrogen) atoms. The third-order valence-corrected chi connectivity index (χ3v) is 2.78. The van der Waals surface area contributed by atoms with Gasteiger partial charge >= 0.3 is 0 Å². The molecule has 0 amide bonds. The Balaban J connectivity index is 2.73. The third-order valence-electron chi connectivity index (χ3n) is 2.02. The highest BCUT2D eigenvalue weighted by molar-refractivity contribution is 14.1. The second-order valence-corrected chi connectivity index (χ2v) is 4.29. The van der Waals surface area contributed by atoms with E-state index in [1.807, 2.05) is 0 Å². The molecular weight excluding hydrogens is 266 g/mol. The molecule has 0 atom stereocenters. The Morgan fingerprint density at radius 3 is 1.50 bits per heavy atom. The van der Waals surface area contributed by atoms with E-state index in [1.54, 1.807) is 0 Å². The van der Waals surface area contributed by atoms with Crippen LogP contribution in [0, 0.1) is 0 Å². The molecule has 0 N–H and O–H groups in total. The van der Waals surface area contributed by atoms with E-state index in [4.69, 9.17) is 0 Å². The fourth-order valence-electron chi connectivity index (χ4n) is 1.25. The molecule has 74 valence electrons. The molecule has 0 bridgehead atoms. The first-order chi connectivity index (χ1) is 5.91. The van der Waals surface area contributed by atoms with Crippen molar-refractivity contribution in [2.45, 2.75) is 51.4 Å². The molecular formula is C10H20FI. The summed E-state index contributed by atoms with van der Waals surface area (Å²) in [6.45, 7) is -0.130. The Kier molecular flexibility index (Phi) is 12.3. The molecule has 0 heterocycles. The van der Waals surface area contributed by atoms with Gasteiger partial charge in [0, 0.05) is 0 Å². The van der Waals surface area contributed by atoms with Gasteiger partial charge in [-0.1, -0.05) is 61.1 Å². The summed E-state index contributed by atoms with van der Waals surface area (Å²) in [4.78, 5) is 0. The molecule has 0 aromatic carbocycles. The average molecular weight is 286 g/mol. The second kappa shape index (κ2) is 11.7. The van der Waals surface area contributed by atoms with Crippen LogP contribution in [0.4, 0.5) is 4.39 Å². The summed E-state index contributed by atoms with van der Waals surface area (Å²) in [6.07, 6.45) is 9.87. The van der Waals surface area contributed by atoms with Gasteiger partial charge in [-0.3, -0.25) is 4.39 Å². The molecule has 0 nitrogen and oxygen atoms in total. The molecule has 0 aromatic rings. The highest BCUT2D eigenvalue weighted by Crippen LogP contribution is 2.09. The van der Waals surface area contributed by atoms with Crippen molar-refractivity contribution >= 4 is 22.6 Å². The molecule has 0 spiro atoms. The van der Waals surface area contributed by atoms with Gasteiger partial charge in [0.15, 0.2) is 0 Å². The summed E-state index contributed by atoms with van der Waals surface area (Å²) in [7, 11) is 0. The summed E-state index contributed by atoms with van der Waals surface area (Å²) >= 11 is 2.43. The van der Waals surface area contributed by atoms with Gasteiger partial charge in [0.1, 0.15) is 0 Å². The first-order valence-electron chi connectivity index (χ1n) is 5.03. The molecule has 0 saturated carbocycles. The summed E-state index contributed by atoms with van der Waals surface area (Å²) in [5.41, 5.74) is 0. The fourth-order valence-corrected chi connectivity index (χ4v) is 1.79. The second-order valence-electron chi connectivity index (χ2n) is 3.21. The van der Waals surface area contributed by atoms with Crippen LogP contribution in [-0.4, -0.2) is 11.1 Å². The van der Waals surface area contributed by atoms with E-state index in [2.05, 4.69) is 22.6 Å². The zero-order chi connectivity index (χ0) is 9.07. The Morgan fingerprint density at radius 2 is 1.08 bits per heavy atom. The minimum atomic E-state index is -0.130. The van der Waals surface area contributed by atoms with Crippen molar-refractivity contribution in [3.05, 3.63) is 0 Å². The summed E-state index contributed by atoms with van der Waals surface area (Å²) in [5.74, 6) is 0. The van der Waals surface area contributed by atoms with Gasteiger partial charge in [0.25, 0.3) is 0 Å². The predicted octanol–water partition coefficient (Wildman–Crippen LogP) is 4.51. The zero-order valence-corrected chi connectivity index (χ0v) is 9.98. The minimum Gasteiger partial charge on any atom is -0.251 e. The first kappa shape index (κ1) is 12.7. The van der Waals surface area contributed by atoms with Crippen molar-refractivity contribution in [1.29, 1.82) is 0 Å². The van der Waals surface area contributed by atoms with Crippen LogP contribution in [0.15, 0.2) is 0 Å². The Bertz CT molecular complexity index is 66.2. The van der Waals surface area contributed by atoms with Crippen LogP contribution < -0.4 is 0 Å². The predicted molar refractivity (Wildman–Crippen MR) is 61.8 cm³/mol. The normalized spacial score (nSPS) is 10.5. The van der Waals surface area contributed by atoms with Crippen LogP contribution in [0.2, 0.25) is 0 Å². The number of rotatable bonds is 9. The molecule has 0 aliphatic heterocycles. The number of hydrogen-bond acceptors (Lipinski definition) is 0. The topological polar surface area (TPSA) is 0 Å². The Hall–Kier alpha value is 0.660. The molecule has 2 heteroatoms. The summed E-state index contributed by atoms with van der Waals surface area (Å²) in [6, 6.07) is 0. The number of halogens is 2. The van der Waals surface area contributed by atoms with E-state index < -0.39 is 0 Å². The van der Waals surface area contributed by atoms with Gasteiger partial charge in [0.05, 0.1) is 6.67 Å². The lowest BCUT2D eigenvalue weighted by molar-refractivity contribution is 0.449. The summed E-state index contributed by atoms with van der Waals surface area (Å²) in [5, 5.41) is 0. The molecule has 0 rings (SSSR count). The smallest absolute Gasteiger partial charge is 0.0894 e. The zero-order valence-electron chi connectivity index (χ0n) is 7.83. The van der Waals surface area contributed by atoms with Crippen molar-refractivity contribution in [2.75, 3.05) is 11.1 Å². The molecule has 0 aromatic heterocycles. The van der Waals surface area contributed by atoms with Crippen molar-refractivity contribution in [2.24, 2.45) is 0 Å². The number of hydrogen-bond donors (Lipinski definition) is 0. The fraction of sp³-hybridized carbons (Fsp3) is 1.00. The van der Waals surface area contributed by atoms with Gasteiger partial charge in [-0.15, -0.1) is 0 Å². The Morgan fingerprint density at radius 1 is 0.667 bits per heavy atom. The quantitative estimate of drug-likeness (QED) is 0.332. The molecule has 0 radical (unpaired) electrons. The van der Waals surface area contributed by atoms with Crippen molar-refractivity contribution in [3.8, 4) is 0 Å². The van der Waals surface area contributed by atoms with E-state index in [1.165, 1.54) is 43.0 Å². The lowest BCUT2D eigenvalue weighted by atomic mass is 10.1. The molecule has 0 aliphatic rings. The maximum atomic E-state index is 11.7. The highest BCUT2D eigenvalue weighted by Gasteiger charge is 1.90. The SMILES string of the molecule is FCCCCCCCCCCI. The number of unbranched alkanes of at least 4 members (excludes halogenated alkanes) is 7. The Labute approximate surface area is 89.5 Å². The van der Waals surface area contributed by atoms with E-state index in [0.717, 1.165) is 12.8 Å². The van der Waals surface area contributed by atoms with Gasteiger partial charge in [-0.25, -0.2) is 0 Å². The lowest BCUT2D eigenvalue weighted by Gasteiger charge is -1.99. The van der Waals surface area contributed by atoms with Gasteiger partial charge in [0.2, 0.25) is 0 Å². The standard InChI is InChI=1S/C10H20FI/c11-9-7-5-3-1-2-4-6-8-10-12/h1-10H2. The number of alkyl halides is 2. The molecule has 0 fully saturated rings. The van der Waals surface area contributed by atoms with E-state index in [0.29, 0.717) is 0 Å². The third kappa shape index (κ3) is 10.7.